The summed E-state index contributed by atoms with van der Waals surface area (Å²) in [4.78, 5) is 2.65. The Bertz CT molecular complexity index is 1050. The van der Waals surface area contributed by atoms with Crippen LogP contribution in [0.4, 0.5) is 0 Å². The van der Waals surface area contributed by atoms with Crippen LogP contribution >= 0.6 is 11.3 Å². The van der Waals surface area contributed by atoms with Crippen LogP contribution in [0.2, 0.25) is 0 Å². The van der Waals surface area contributed by atoms with Gasteiger partial charge in [0.25, 0.3) is 0 Å². The van der Waals surface area contributed by atoms with Gasteiger partial charge in [-0.1, -0.05) is 17.7 Å². The lowest BCUT2D eigenvalue weighted by Crippen LogP contribution is -2.49. The van der Waals surface area contributed by atoms with Crippen molar-refractivity contribution >= 4 is 21.4 Å². The molecule has 0 saturated carbocycles. The summed E-state index contributed by atoms with van der Waals surface area (Å²) in [5.74, 6) is 0. The van der Waals surface area contributed by atoms with Gasteiger partial charge in [0.1, 0.15) is 0 Å². The van der Waals surface area contributed by atoms with E-state index in [1.807, 2.05) is 48.3 Å². The lowest BCUT2D eigenvalue weighted by molar-refractivity contribution is 0.146. The average Bonchev–Trinajstić information content (AvgIpc) is 3.33. The van der Waals surface area contributed by atoms with Crippen LogP contribution in [0.1, 0.15) is 11.1 Å². The molecule has 148 valence electrons. The Labute approximate surface area is 170 Å². The van der Waals surface area contributed by atoms with E-state index in [2.05, 4.69) is 21.4 Å². The molecule has 0 radical (unpaired) electrons. The monoisotopic (exact) mass is 416 g/mol. The van der Waals surface area contributed by atoms with Gasteiger partial charge in [-0.3, -0.25) is 9.58 Å². The summed E-state index contributed by atoms with van der Waals surface area (Å²) in [5, 5.41) is 8.76. The molecule has 4 rings (SSSR count). The highest BCUT2D eigenvalue weighted by Gasteiger charge is 2.29. The maximum absolute atomic E-state index is 13.0. The number of nitrogens with zero attached hydrogens (tertiary/aromatic N) is 4. The van der Waals surface area contributed by atoms with Crippen LogP contribution in [-0.2, 0) is 16.7 Å². The number of benzene rings is 1. The molecule has 1 fully saturated rings. The molecule has 8 heteroatoms. The Morgan fingerprint density at radius 1 is 1.07 bits per heavy atom. The van der Waals surface area contributed by atoms with Crippen molar-refractivity contribution in [2.24, 2.45) is 0 Å². The second kappa shape index (κ2) is 7.79. The zero-order valence-corrected chi connectivity index (χ0v) is 17.7. The number of thiophene rings is 1. The number of hydrogen-bond donors (Lipinski definition) is 0. The molecule has 0 aliphatic carbocycles. The normalized spacial score (nSPS) is 16.5. The quantitative estimate of drug-likeness (QED) is 0.641. The van der Waals surface area contributed by atoms with Gasteiger partial charge in [0.05, 0.1) is 17.3 Å². The number of aryl methyl sites for hydroxylation is 2. The molecule has 3 aromatic rings. The van der Waals surface area contributed by atoms with Crippen LogP contribution < -0.4 is 0 Å². The van der Waals surface area contributed by atoms with Crippen molar-refractivity contribution in [2.45, 2.75) is 25.4 Å². The van der Waals surface area contributed by atoms with Gasteiger partial charge < -0.3 is 0 Å². The lowest BCUT2D eigenvalue weighted by Gasteiger charge is -2.34. The topological polar surface area (TPSA) is 58.4 Å². The Hall–Kier alpha value is -2.00. The maximum atomic E-state index is 13.0. The van der Waals surface area contributed by atoms with Gasteiger partial charge in [-0.2, -0.15) is 20.7 Å². The Morgan fingerprint density at radius 2 is 1.86 bits per heavy atom. The van der Waals surface area contributed by atoms with E-state index < -0.39 is 10.0 Å². The summed E-state index contributed by atoms with van der Waals surface area (Å²) in [7, 11) is -3.45. The Balaban J connectivity index is 1.39. The number of hydrogen-bond acceptors (Lipinski definition) is 5. The van der Waals surface area contributed by atoms with E-state index in [1.165, 1.54) is 0 Å². The summed E-state index contributed by atoms with van der Waals surface area (Å²) >= 11 is 1.66. The van der Waals surface area contributed by atoms with Gasteiger partial charge in [0, 0.05) is 43.3 Å². The number of aromatic nitrogens is 2. The summed E-state index contributed by atoms with van der Waals surface area (Å²) < 4.78 is 29.5. The summed E-state index contributed by atoms with van der Waals surface area (Å²) in [6.07, 6.45) is 1.98. The fourth-order valence-electron chi connectivity index (χ4n) is 3.55. The first-order chi connectivity index (χ1) is 13.4. The SMILES string of the molecule is Cc1ccc(S(=O)(=O)N2CCN(Cn3ccc(-c4ccsc4)n3)CC2)c(C)c1. The molecule has 1 aliphatic rings. The number of piperazine rings is 1. The van der Waals surface area contributed by atoms with Crippen LogP contribution in [0.5, 0.6) is 0 Å². The molecule has 0 atom stereocenters. The second-order valence-corrected chi connectivity index (χ2v) is 9.87. The molecule has 6 nitrogen and oxygen atoms in total. The predicted octanol–water partition coefficient (Wildman–Crippen LogP) is 3.19. The first-order valence-electron chi connectivity index (χ1n) is 9.29. The zero-order chi connectivity index (χ0) is 19.7. The third kappa shape index (κ3) is 3.91. The molecule has 1 aliphatic heterocycles. The standard InChI is InChI=1S/C20H24N4O2S2/c1-16-3-4-20(17(2)13-16)28(25,26)24-10-8-22(9-11-24)15-23-7-5-19(21-23)18-6-12-27-14-18/h3-7,12-14H,8-11,15H2,1-2H3. The lowest BCUT2D eigenvalue weighted by atomic mass is 10.2. The predicted molar refractivity (Wildman–Crippen MR) is 112 cm³/mol. The van der Waals surface area contributed by atoms with Gasteiger partial charge >= 0.3 is 0 Å². The van der Waals surface area contributed by atoms with Crippen molar-refractivity contribution < 1.29 is 8.42 Å². The third-order valence-electron chi connectivity index (χ3n) is 5.08. The minimum Gasteiger partial charge on any atom is -0.282 e. The Morgan fingerprint density at radius 3 is 2.54 bits per heavy atom. The highest BCUT2D eigenvalue weighted by Crippen LogP contribution is 2.23. The van der Waals surface area contributed by atoms with Gasteiger partial charge in [0.15, 0.2) is 0 Å². The molecule has 3 heterocycles. The van der Waals surface area contributed by atoms with Crippen LogP contribution in [-0.4, -0.2) is 53.6 Å². The molecule has 0 unspecified atom stereocenters. The molecular weight excluding hydrogens is 392 g/mol. The van der Waals surface area contributed by atoms with Crippen LogP contribution in [0.15, 0.2) is 52.2 Å². The van der Waals surface area contributed by atoms with Crippen molar-refractivity contribution in [1.82, 2.24) is 19.0 Å². The molecular formula is C20H24N4O2S2. The van der Waals surface area contributed by atoms with E-state index in [4.69, 9.17) is 0 Å². The van der Waals surface area contributed by atoms with Gasteiger partial charge in [-0.25, -0.2) is 8.42 Å². The van der Waals surface area contributed by atoms with Crippen molar-refractivity contribution in [3.05, 3.63) is 58.4 Å². The maximum Gasteiger partial charge on any atom is 0.243 e. The van der Waals surface area contributed by atoms with E-state index in [9.17, 15) is 8.42 Å². The van der Waals surface area contributed by atoms with E-state index >= 15 is 0 Å². The van der Waals surface area contributed by atoms with Crippen molar-refractivity contribution in [2.75, 3.05) is 26.2 Å². The molecule has 28 heavy (non-hydrogen) atoms. The van der Waals surface area contributed by atoms with E-state index in [-0.39, 0.29) is 0 Å². The second-order valence-electron chi connectivity index (χ2n) is 7.18. The smallest absolute Gasteiger partial charge is 0.243 e. The van der Waals surface area contributed by atoms with Gasteiger partial charge in [0.2, 0.25) is 10.0 Å². The van der Waals surface area contributed by atoms with Crippen LogP contribution in [0.3, 0.4) is 0 Å². The minimum atomic E-state index is -3.45. The fraction of sp³-hybridized carbons (Fsp3) is 0.350. The first-order valence-corrected chi connectivity index (χ1v) is 11.7. The molecule has 0 N–H and O–H groups in total. The first kappa shape index (κ1) is 19.3. The Kier molecular flexibility index (Phi) is 5.37. The largest absolute Gasteiger partial charge is 0.282 e. The van der Waals surface area contributed by atoms with Crippen LogP contribution in [0, 0.1) is 13.8 Å². The highest BCUT2D eigenvalue weighted by atomic mass is 32.2. The number of rotatable bonds is 5. The molecule has 0 spiro atoms. The van der Waals surface area contributed by atoms with E-state index in [0.717, 1.165) is 22.4 Å². The summed E-state index contributed by atoms with van der Waals surface area (Å²) in [5.41, 5.74) is 3.98. The van der Waals surface area contributed by atoms with Gasteiger partial charge in [-0.15, -0.1) is 0 Å². The third-order valence-corrected chi connectivity index (χ3v) is 7.82. The molecule has 0 bridgehead atoms. The molecule has 1 saturated heterocycles. The van der Waals surface area contributed by atoms with Crippen LogP contribution in [0.25, 0.3) is 11.3 Å². The van der Waals surface area contributed by atoms with E-state index in [0.29, 0.717) is 37.7 Å². The fourth-order valence-corrected chi connectivity index (χ4v) is 5.83. The minimum absolute atomic E-state index is 0.416. The van der Waals surface area contributed by atoms with E-state index in [1.54, 1.807) is 21.7 Å². The molecule has 0 amide bonds. The summed E-state index contributed by atoms with van der Waals surface area (Å²) in [6, 6.07) is 9.59. The van der Waals surface area contributed by atoms with Gasteiger partial charge in [-0.05, 0) is 43.0 Å². The zero-order valence-electron chi connectivity index (χ0n) is 16.1. The van der Waals surface area contributed by atoms with Crippen molar-refractivity contribution in [1.29, 1.82) is 0 Å². The average molecular weight is 417 g/mol. The van der Waals surface area contributed by atoms with Crippen molar-refractivity contribution in [3.8, 4) is 11.3 Å². The molecule has 2 aromatic heterocycles. The molecule has 1 aromatic carbocycles. The highest BCUT2D eigenvalue weighted by molar-refractivity contribution is 7.89. The summed E-state index contributed by atoms with van der Waals surface area (Å²) in [6.45, 7) is 6.87. The number of sulfonamides is 1. The van der Waals surface area contributed by atoms with Crippen molar-refractivity contribution in [3.63, 3.8) is 0 Å².